The van der Waals surface area contributed by atoms with Gasteiger partial charge in [-0.2, -0.15) is 10.00 Å². The van der Waals surface area contributed by atoms with Crippen LogP contribution in [-0.2, 0) is 29.8 Å². The normalized spacial score (nSPS) is 16.4. The van der Waals surface area contributed by atoms with Crippen LogP contribution in [-0.4, -0.2) is 64.3 Å². The monoisotopic (exact) mass is 871 g/mol. The minimum Gasteiger partial charge on any atom is -0.444 e. The highest BCUT2D eigenvalue weighted by Gasteiger charge is 2.39. The number of pyridine rings is 1. The molecule has 0 radical (unpaired) electrons. The number of alkyl carbamates (subject to hydrolysis) is 1. The number of amides is 3. The Morgan fingerprint density at radius 2 is 1.41 bits per heavy atom. The van der Waals surface area contributed by atoms with Crippen LogP contribution in [0.5, 0.6) is 0 Å². The maximum absolute atomic E-state index is 16.6. The molecule has 0 bridgehead atoms. The van der Waals surface area contributed by atoms with E-state index in [1.165, 1.54) is 12.3 Å². The Labute approximate surface area is 355 Å². The van der Waals surface area contributed by atoms with Gasteiger partial charge < -0.3 is 19.5 Å². The molecular weight excluding hydrogens is 816 g/mol. The van der Waals surface area contributed by atoms with Crippen molar-refractivity contribution in [1.82, 2.24) is 20.1 Å². The van der Waals surface area contributed by atoms with Crippen molar-refractivity contribution >= 4 is 44.8 Å². The Kier molecular flexibility index (Phi) is 13.3. The second kappa shape index (κ2) is 17.3. The predicted octanol–water partition coefficient (Wildman–Crippen LogP) is 10.6. The smallest absolute Gasteiger partial charge is 0.425 e. The van der Waals surface area contributed by atoms with Gasteiger partial charge in [0.25, 0.3) is 0 Å². The number of nitrogens with one attached hydrogen (secondary N) is 1. The summed E-state index contributed by atoms with van der Waals surface area (Å²) in [5.74, 6) is -4.82. The number of carbonyl (C=O) groups is 3. The minimum absolute atomic E-state index is 0.00238. The number of aryl methyl sites for hydroxylation is 1. The van der Waals surface area contributed by atoms with E-state index >= 15 is 8.78 Å². The highest BCUT2D eigenvalue weighted by Crippen LogP contribution is 2.44. The van der Waals surface area contributed by atoms with E-state index in [4.69, 9.17) is 19.3 Å². The molecule has 1 fully saturated rings. The van der Waals surface area contributed by atoms with E-state index in [0.717, 1.165) is 18.2 Å². The van der Waals surface area contributed by atoms with Gasteiger partial charge in [-0.3, -0.25) is 4.68 Å². The van der Waals surface area contributed by atoms with E-state index in [2.05, 4.69) is 10.3 Å². The van der Waals surface area contributed by atoms with Crippen molar-refractivity contribution in [2.75, 3.05) is 4.90 Å². The Bertz CT molecular complexity index is 2410. The molecule has 0 saturated heterocycles. The molecule has 0 atom stereocenters. The van der Waals surface area contributed by atoms with E-state index < -0.39 is 90.2 Å². The molecule has 1 N–H and O–H groups in total. The summed E-state index contributed by atoms with van der Waals surface area (Å²) < 4.78 is 92.6. The first kappa shape index (κ1) is 46.9. The Morgan fingerprint density at radius 1 is 0.836 bits per heavy atom. The predicted molar refractivity (Wildman–Crippen MR) is 225 cm³/mol. The molecule has 13 nitrogen and oxygen atoms in total. The van der Waals surface area contributed by atoms with Gasteiger partial charge in [-0.1, -0.05) is 6.07 Å². The van der Waals surface area contributed by atoms with Crippen molar-refractivity contribution in [3.63, 3.8) is 0 Å². The van der Waals surface area contributed by atoms with Gasteiger partial charge in [0.15, 0.2) is 15.7 Å². The highest BCUT2D eigenvalue weighted by molar-refractivity contribution is 7.90. The molecular formula is C44H56F3N5O8S. The Hall–Kier alpha value is -5.19. The van der Waals surface area contributed by atoms with Gasteiger partial charge in [0.05, 0.1) is 16.7 Å². The van der Waals surface area contributed by atoms with Crippen LogP contribution in [0, 0.1) is 24.4 Å². The SMILES string of the molecule is Cc1ccc(F)c(S(=O)(=O)Cc2cc(F)c(-c3nn(C(C)C)c4c(C5CCC(NC(=O)OC(C)(C)C)CC5)cnc(N(C(=O)OC(C)(C)C)C(=O)OC(C)(C)C)c34)cc2F)c1. The standard InChI is InChI=1S/C44H56F3N5O8S/c1-24(2)52-37-30(26-14-16-28(17-15-26)49-39(53)58-42(4,5)6)22-48-38(51(40(54)59-43(7,8)9)41(55)60-44(10,11)12)35(37)36(50-52)29-21-32(46)27(20-33(29)47)23-61(56,57)34-19-25(3)13-18-31(34)45/h13,18-22,24,26,28H,14-17,23H2,1-12H3,(H,49,53). The number of fused-ring (bicyclic) bond motifs is 1. The molecule has 1 saturated carbocycles. The first-order valence-corrected chi connectivity index (χ1v) is 21.8. The molecule has 2 aromatic carbocycles. The molecule has 0 unspecified atom stereocenters. The van der Waals surface area contributed by atoms with E-state index in [9.17, 15) is 27.2 Å². The number of rotatable bonds is 8. The highest BCUT2D eigenvalue weighted by atomic mass is 32.2. The lowest BCUT2D eigenvalue weighted by molar-refractivity contribution is 0.0425. The number of benzene rings is 2. The number of ether oxygens (including phenoxy) is 3. The molecule has 2 aromatic heterocycles. The van der Waals surface area contributed by atoms with Crippen LogP contribution in [0.15, 0.2) is 41.4 Å². The molecule has 1 aliphatic carbocycles. The van der Waals surface area contributed by atoms with Gasteiger partial charge in [-0.25, -0.2) is 41.0 Å². The van der Waals surface area contributed by atoms with Crippen LogP contribution in [0.3, 0.4) is 0 Å². The lowest BCUT2D eigenvalue weighted by Crippen LogP contribution is -2.44. The Morgan fingerprint density at radius 3 is 1.95 bits per heavy atom. The second-order valence-corrected chi connectivity index (χ2v) is 20.7. The molecule has 61 heavy (non-hydrogen) atoms. The van der Waals surface area contributed by atoms with Crippen molar-refractivity contribution in [2.24, 2.45) is 0 Å². The summed E-state index contributed by atoms with van der Waals surface area (Å²) in [4.78, 5) is 45.3. The van der Waals surface area contributed by atoms with Crippen LogP contribution in [0.2, 0.25) is 0 Å². The first-order valence-electron chi connectivity index (χ1n) is 20.2. The van der Waals surface area contributed by atoms with Gasteiger partial charge in [0, 0.05) is 29.4 Å². The summed E-state index contributed by atoms with van der Waals surface area (Å²) in [6.45, 7) is 20.2. The minimum atomic E-state index is -4.48. The summed E-state index contributed by atoms with van der Waals surface area (Å²) in [5, 5.41) is 7.72. The summed E-state index contributed by atoms with van der Waals surface area (Å²) in [5.41, 5.74) is -2.60. The average molecular weight is 872 g/mol. The van der Waals surface area contributed by atoms with Gasteiger partial charge >= 0.3 is 18.3 Å². The molecule has 3 amide bonds. The van der Waals surface area contributed by atoms with Crippen LogP contribution in [0.25, 0.3) is 22.2 Å². The van der Waals surface area contributed by atoms with E-state index in [0.29, 0.717) is 53.3 Å². The van der Waals surface area contributed by atoms with Crippen molar-refractivity contribution in [1.29, 1.82) is 0 Å². The molecule has 2 heterocycles. The zero-order chi connectivity index (χ0) is 45.6. The van der Waals surface area contributed by atoms with Crippen molar-refractivity contribution in [3.05, 3.63) is 70.7 Å². The number of sulfone groups is 1. The molecule has 4 aromatic rings. The third-order valence-electron chi connectivity index (χ3n) is 9.63. The van der Waals surface area contributed by atoms with E-state index in [-0.39, 0.29) is 28.9 Å². The topological polar surface area (TPSA) is 159 Å². The number of halogens is 3. The van der Waals surface area contributed by atoms with E-state index in [1.54, 1.807) is 73.9 Å². The summed E-state index contributed by atoms with van der Waals surface area (Å²) >= 11 is 0. The lowest BCUT2D eigenvalue weighted by Gasteiger charge is -2.31. The molecule has 1 aliphatic rings. The fourth-order valence-corrected chi connectivity index (χ4v) is 8.62. The van der Waals surface area contributed by atoms with Crippen molar-refractivity contribution in [3.8, 4) is 11.3 Å². The van der Waals surface area contributed by atoms with Crippen LogP contribution < -0.4 is 10.2 Å². The molecule has 17 heteroatoms. The van der Waals surface area contributed by atoms with Crippen molar-refractivity contribution < 1.29 is 50.2 Å². The van der Waals surface area contributed by atoms with Crippen LogP contribution in [0.4, 0.5) is 33.4 Å². The number of carbonyl (C=O) groups excluding carboxylic acids is 3. The maximum atomic E-state index is 16.6. The average Bonchev–Trinajstić information content (AvgIpc) is 3.50. The van der Waals surface area contributed by atoms with Crippen LogP contribution >= 0.6 is 0 Å². The number of aromatic nitrogens is 3. The fraction of sp³-hybridized carbons (Fsp3) is 0.523. The zero-order valence-electron chi connectivity index (χ0n) is 36.8. The molecule has 332 valence electrons. The number of hydrogen-bond acceptors (Lipinski definition) is 10. The Balaban J connectivity index is 1.72. The quantitative estimate of drug-likeness (QED) is 0.169. The first-order chi connectivity index (χ1) is 28.0. The fourth-order valence-electron chi connectivity index (χ4n) is 7.11. The third-order valence-corrected chi connectivity index (χ3v) is 11.3. The molecule has 0 spiro atoms. The van der Waals surface area contributed by atoms with Crippen LogP contribution in [0.1, 0.15) is 130 Å². The van der Waals surface area contributed by atoms with Gasteiger partial charge in [-0.05, 0) is 150 Å². The zero-order valence-corrected chi connectivity index (χ0v) is 37.6. The summed E-state index contributed by atoms with van der Waals surface area (Å²) in [7, 11) is -4.48. The van der Waals surface area contributed by atoms with Gasteiger partial charge in [-0.15, -0.1) is 0 Å². The van der Waals surface area contributed by atoms with Gasteiger partial charge in [0.2, 0.25) is 0 Å². The summed E-state index contributed by atoms with van der Waals surface area (Å²) in [6.07, 6.45) is 0.923. The summed E-state index contributed by atoms with van der Waals surface area (Å²) in [6, 6.07) is 4.39. The van der Waals surface area contributed by atoms with Gasteiger partial charge in [0.1, 0.15) is 44.8 Å². The molecule has 5 rings (SSSR count). The number of nitrogens with zero attached hydrogens (tertiary/aromatic N) is 4. The third kappa shape index (κ3) is 11.2. The lowest BCUT2D eigenvalue weighted by atomic mass is 9.81. The number of hydrogen-bond donors (Lipinski definition) is 1. The second-order valence-electron chi connectivity index (χ2n) is 18.8. The number of imide groups is 1. The maximum Gasteiger partial charge on any atom is 0.425 e. The number of anilines is 1. The molecule has 0 aliphatic heterocycles. The van der Waals surface area contributed by atoms with E-state index in [1.807, 2.05) is 13.8 Å². The largest absolute Gasteiger partial charge is 0.444 e. The van der Waals surface area contributed by atoms with Crippen molar-refractivity contribution in [2.45, 2.75) is 154 Å².